The van der Waals surface area contributed by atoms with Crippen molar-refractivity contribution in [2.45, 2.75) is 45.4 Å². The van der Waals surface area contributed by atoms with E-state index in [2.05, 4.69) is 34.9 Å². The smallest absolute Gasteiger partial charge is 0.114 e. The van der Waals surface area contributed by atoms with Crippen molar-refractivity contribution in [1.29, 1.82) is 0 Å². The van der Waals surface area contributed by atoms with Crippen LogP contribution in [0.25, 0.3) is 0 Å². The summed E-state index contributed by atoms with van der Waals surface area (Å²) >= 11 is 3.47. The standard InChI is InChI=1S/C12H22BrN3O/c1-8(2)16-10(9(13)7-14-16)11(17)12(3,4)15(5)6/h7-8,11,17H,1-6H3. The van der Waals surface area contributed by atoms with Crippen molar-refractivity contribution in [1.82, 2.24) is 14.7 Å². The Morgan fingerprint density at radius 2 is 1.94 bits per heavy atom. The summed E-state index contributed by atoms with van der Waals surface area (Å²) in [5, 5.41) is 14.9. The van der Waals surface area contributed by atoms with Crippen molar-refractivity contribution in [3.05, 3.63) is 16.4 Å². The topological polar surface area (TPSA) is 41.3 Å². The zero-order chi connectivity index (χ0) is 13.4. The van der Waals surface area contributed by atoms with Crippen LogP contribution in [0.15, 0.2) is 10.7 Å². The first kappa shape index (κ1) is 14.7. The molecule has 0 aliphatic heterocycles. The summed E-state index contributed by atoms with van der Waals surface area (Å²) < 4.78 is 2.72. The normalized spacial score (nSPS) is 14.7. The molecule has 0 radical (unpaired) electrons. The summed E-state index contributed by atoms with van der Waals surface area (Å²) in [5.41, 5.74) is 0.480. The van der Waals surface area contributed by atoms with E-state index in [-0.39, 0.29) is 11.6 Å². The molecule has 0 saturated heterocycles. The van der Waals surface area contributed by atoms with Gasteiger partial charge in [0.15, 0.2) is 0 Å². The molecule has 17 heavy (non-hydrogen) atoms. The third kappa shape index (κ3) is 2.72. The molecule has 1 rings (SSSR count). The Morgan fingerprint density at radius 1 is 1.41 bits per heavy atom. The predicted octanol–water partition coefficient (Wildman–Crippen LogP) is 2.60. The lowest BCUT2D eigenvalue weighted by Gasteiger charge is -2.37. The van der Waals surface area contributed by atoms with Gasteiger partial charge in [-0.3, -0.25) is 4.68 Å². The largest absolute Gasteiger partial charge is 0.385 e. The molecule has 4 nitrogen and oxygen atoms in total. The molecule has 0 saturated carbocycles. The molecule has 0 spiro atoms. The molecule has 0 fully saturated rings. The Labute approximate surface area is 112 Å². The molecule has 1 aromatic rings. The van der Waals surface area contributed by atoms with Crippen LogP contribution in [-0.4, -0.2) is 39.4 Å². The van der Waals surface area contributed by atoms with Crippen LogP contribution in [0.3, 0.4) is 0 Å². The molecule has 0 aliphatic carbocycles. The van der Waals surface area contributed by atoms with E-state index in [1.165, 1.54) is 0 Å². The number of hydrogen-bond donors (Lipinski definition) is 1. The van der Waals surface area contributed by atoms with Crippen LogP contribution in [0.5, 0.6) is 0 Å². The van der Waals surface area contributed by atoms with Gasteiger partial charge in [0, 0.05) is 11.6 Å². The molecular formula is C12H22BrN3O. The number of aliphatic hydroxyl groups is 1. The van der Waals surface area contributed by atoms with Crippen molar-refractivity contribution >= 4 is 15.9 Å². The van der Waals surface area contributed by atoms with E-state index < -0.39 is 6.10 Å². The van der Waals surface area contributed by atoms with Crippen LogP contribution < -0.4 is 0 Å². The van der Waals surface area contributed by atoms with Crippen LogP contribution in [0.1, 0.15) is 45.5 Å². The molecule has 1 aromatic heterocycles. The molecule has 5 heteroatoms. The van der Waals surface area contributed by atoms with Crippen molar-refractivity contribution in [3.8, 4) is 0 Å². The maximum Gasteiger partial charge on any atom is 0.114 e. The van der Waals surface area contributed by atoms with Gasteiger partial charge >= 0.3 is 0 Å². The quantitative estimate of drug-likeness (QED) is 0.929. The highest BCUT2D eigenvalue weighted by Crippen LogP contribution is 2.34. The average molecular weight is 304 g/mol. The van der Waals surface area contributed by atoms with Crippen LogP contribution in [0, 0.1) is 0 Å². The predicted molar refractivity (Wildman–Crippen MR) is 73.0 cm³/mol. The molecule has 1 N–H and O–H groups in total. The van der Waals surface area contributed by atoms with Crippen LogP contribution in [0.4, 0.5) is 0 Å². The van der Waals surface area contributed by atoms with Gasteiger partial charge in [0.25, 0.3) is 0 Å². The van der Waals surface area contributed by atoms with Gasteiger partial charge in [0.2, 0.25) is 0 Å². The molecular weight excluding hydrogens is 282 g/mol. The van der Waals surface area contributed by atoms with Crippen molar-refractivity contribution < 1.29 is 5.11 Å². The summed E-state index contributed by atoms with van der Waals surface area (Å²) in [6.07, 6.45) is 1.14. The highest BCUT2D eigenvalue weighted by Gasteiger charge is 2.35. The second-order valence-corrected chi connectivity index (χ2v) is 6.22. The fourth-order valence-corrected chi connectivity index (χ4v) is 2.09. The Kier molecular flexibility index (Phi) is 4.38. The zero-order valence-electron chi connectivity index (χ0n) is 11.4. The second kappa shape index (κ2) is 5.08. The summed E-state index contributed by atoms with van der Waals surface area (Å²) in [6.45, 7) is 8.14. The minimum atomic E-state index is -0.600. The first-order valence-electron chi connectivity index (χ1n) is 5.78. The number of aromatic nitrogens is 2. The third-order valence-electron chi connectivity index (χ3n) is 3.36. The first-order valence-corrected chi connectivity index (χ1v) is 6.57. The third-order valence-corrected chi connectivity index (χ3v) is 3.97. The monoisotopic (exact) mass is 303 g/mol. The van der Waals surface area contributed by atoms with E-state index in [9.17, 15) is 5.11 Å². The minimum Gasteiger partial charge on any atom is -0.385 e. The highest BCUT2D eigenvalue weighted by molar-refractivity contribution is 9.10. The Morgan fingerprint density at radius 3 is 2.35 bits per heavy atom. The number of likely N-dealkylation sites (N-methyl/N-ethyl adjacent to an activating group) is 1. The fraction of sp³-hybridized carbons (Fsp3) is 0.750. The van der Waals surface area contributed by atoms with Gasteiger partial charge in [-0.2, -0.15) is 5.10 Å². The van der Waals surface area contributed by atoms with E-state index in [0.717, 1.165) is 10.2 Å². The SMILES string of the molecule is CC(C)n1ncc(Br)c1C(O)C(C)(C)N(C)C. The van der Waals surface area contributed by atoms with Gasteiger partial charge in [-0.1, -0.05) is 0 Å². The maximum atomic E-state index is 10.6. The van der Waals surface area contributed by atoms with Crippen LogP contribution >= 0.6 is 15.9 Å². The van der Waals surface area contributed by atoms with Crippen molar-refractivity contribution in [3.63, 3.8) is 0 Å². The number of aliphatic hydroxyl groups excluding tert-OH is 1. The van der Waals surface area contributed by atoms with E-state index in [4.69, 9.17) is 0 Å². The number of halogens is 1. The van der Waals surface area contributed by atoms with Crippen LogP contribution in [0.2, 0.25) is 0 Å². The molecule has 1 heterocycles. The molecule has 0 amide bonds. The van der Waals surface area contributed by atoms with E-state index >= 15 is 0 Å². The number of hydrogen-bond acceptors (Lipinski definition) is 3. The molecule has 0 aliphatic rings. The van der Waals surface area contributed by atoms with Gasteiger partial charge in [0.1, 0.15) is 6.10 Å². The lowest BCUT2D eigenvalue weighted by atomic mass is 9.93. The lowest BCUT2D eigenvalue weighted by molar-refractivity contribution is 0.00953. The Hall–Kier alpha value is -0.390. The van der Waals surface area contributed by atoms with Crippen molar-refractivity contribution in [2.75, 3.05) is 14.1 Å². The first-order chi connectivity index (χ1) is 7.69. The van der Waals surface area contributed by atoms with E-state index in [1.807, 2.05) is 37.5 Å². The maximum absolute atomic E-state index is 10.6. The number of nitrogens with zero attached hydrogens (tertiary/aromatic N) is 3. The fourth-order valence-electron chi connectivity index (χ4n) is 1.60. The van der Waals surface area contributed by atoms with E-state index in [1.54, 1.807) is 6.20 Å². The average Bonchev–Trinajstić information content (AvgIpc) is 2.58. The second-order valence-electron chi connectivity index (χ2n) is 5.37. The summed E-state index contributed by atoms with van der Waals surface area (Å²) in [7, 11) is 3.93. The Balaban J connectivity index is 3.20. The molecule has 0 bridgehead atoms. The van der Waals surface area contributed by atoms with Crippen molar-refractivity contribution in [2.24, 2.45) is 0 Å². The van der Waals surface area contributed by atoms with Gasteiger partial charge in [-0.25, -0.2) is 0 Å². The summed E-state index contributed by atoms with van der Waals surface area (Å²) in [4.78, 5) is 2.02. The molecule has 1 atom stereocenters. The zero-order valence-corrected chi connectivity index (χ0v) is 13.0. The molecule has 0 aromatic carbocycles. The summed E-state index contributed by atoms with van der Waals surface area (Å²) in [6, 6.07) is 0.226. The van der Waals surface area contributed by atoms with Gasteiger partial charge in [-0.15, -0.1) is 0 Å². The number of rotatable bonds is 4. The van der Waals surface area contributed by atoms with Crippen LogP contribution in [-0.2, 0) is 0 Å². The highest BCUT2D eigenvalue weighted by atomic mass is 79.9. The molecule has 98 valence electrons. The van der Waals surface area contributed by atoms with Gasteiger partial charge in [0.05, 0.1) is 16.4 Å². The Bertz CT molecular complexity index is 385. The lowest BCUT2D eigenvalue weighted by Crippen LogP contribution is -2.44. The molecule has 1 unspecified atom stereocenters. The summed E-state index contributed by atoms with van der Waals surface area (Å²) in [5.74, 6) is 0. The minimum absolute atomic E-state index is 0.226. The van der Waals surface area contributed by atoms with E-state index in [0.29, 0.717) is 0 Å². The van der Waals surface area contributed by atoms with Gasteiger partial charge < -0.3 is 10.0 Å². The van der Waals surface area contributed by atoms with Gasteiger partial charge in [-0.05, 0) is 57.7 Å².